The number of rotatable bonds is 8. The Hall–Kier alpha value is -0.0400. The molecule has 16 heavy (non-hydrogen) atoms. The zero-order valence-electron chi connectivity index (χ0n) is 11.6. The van der Waals surface area contributed by atoms with Crippen molar-refractivity contribution in [3.8, 4) is 0 Å². The van der Waals surface area contributed by atoms with E-state index in [1.165, 1.54) is 88.4 Å². The van der Waals surface area contributed by atoms with Gasteiger partial charge in [0, 0.05) is 0 Å². The van der Waals surface area contributed by atoms with Gasteiger partial charge in [0.05, 0.1) is 26.2 Å². The minimum atomic E-state index is 1.37. The monoisotopic (exact) mass is 226 g/mol. The quantitative estimate of drug-likeness (QED) is 0.426. The van der Waals surface area contributed by atoms with Gasteiger partial charge in [-0.05, 0) is 39.0 Å². The lowest BCUT2D eigenvalue weighted by molar-refractivity contribution is -0.931. The minimum absolute atomic E-state index is 1.37. The molecular weight excluding hydrogens is 194 g/mol. The highest BCUT2D eigenvalue weighted by atomic mass is 15.3. The predicted octanol–water partition coefficient (Wildman–Crippen LogP) is 4.37. The maximum Gasteiger partial charge on any atom is 0.0786 e. The molecule has 0 saturated carbocycles. The molecule has 0 radical (unpaired) electrons. The van der Waals surface area contributed by atoms with E-state index in [9.17, 15) is 0 Å². The zero-order valence-corrected chi connectivity index (χ0v) is 11.6. The molecule has 0 unspecified atom stereocenters. The SMILES string of the molecule is CCCCCCCC[N+]1(CC)CCCCC1. The average Bonchev–Trinajstić information content (AvgIpc) is 2.35. The summed E-state index contributed by atoms with van der Waals surface area (Å²) >= 11 is 0. The molecule has 96 valence electrons. The van der Waals surface area contributed by atoms with Gasteiger partial charge in [-0.3, -0.25) is 0 Å². The van der Waals surface area contributed by atoms with Crippen molar-refractivity contribution in [2.45, 2.75) is 71.6 Å². The van der Waals surface area contributed by atoms with Gasteiger partial charge in [0.25, 0.3) is 0 Å². The highest BCUT2D eigenvalue weighted by Crippen LogP contribution is 2.20. The van der Waals surface area contributed by atoms with Crippen LogP contribution in [0.3, 0.4) is 0 Å². The van der Waals surface area contributed by atoms with Crippen molar-refractivity contribution < 1.29 is 4.48 Å². The van der Waals surface area contributed by atoms with E-state index >= 15 is 0 Å². The van der Waals surface area contributed by atoms with Gasteiger partial charge in [-0.15, -0.1) is 0 Å². The Morgan fingerprint density at radius 1 is 0.750 bits per heavy atom. The van der Waals surface area contributed by atoms with Crippen molar-refractivity contribution in [3.63, 3.8) is 0 Å². The van der Waals surface area contributed by atoms with Gasteiger partial charge < -0.3 is 4.48 Å². The minimum Gasteiger partial charge on any atom is -0.324 e. The fourth-order valence-corrected chi connectivity index (χ4v) is 3.11. The molecule has 0 aromatic rings. The summed E-state index contributed by atoms with van der Waals surface area (Å²) in [5.74, 6) is 0. The van der Waals surface area contributed by atoms with E-state index in [1.54, 1.807) is 0 Å². The first-order valence-electron chi connectivity index (χ1n) is 7.68. The van der Waals surface area contributed by atoms with Crippen LogP contribution in [0.1, 0.15) is 71.6 Å². The Balaban J connectivity index is 2.08. The summed E-state index contributed by atoms with van der Waals surface area (Å²) in [4.78, 5) is 0. The van der Waals surface area contributed by atoms with E-state index in [0.717, 1.165) is 0 Å². The topological polar surface area (TPSA) is 0 Å². The molecule has 1 aliphatic heterocycles. The van der Waals surface area contributed by atoms with E-state index in [0.29, 0.717) is 0 Å². The fourth-order valence-electron chi connectivity index (χ4n) is 3.11. The van der Waals surface area contributed by atoms with Crippen molar-refractivity contribution in [1.29, 1.82) is 0 Å². The number of likely N-dealkylation sites (tertiary alicyclic amines) is 1. The molecule has 1 aliphatic rings. The number of nitrogens with zero attached hydrogens (tertiary/aromatic N) is 1. The second-order valence-corrected chi connectivity index (χ2v) is 5.66. The number of hydrogen-bond donors (Lipinski definition) is 0. The molecule has 1 fully saturated rings. The molecule has 0 amide bonds. The third-order valence-corrected chi connectivity index (χ3v) is 4.42. The normalized spacial score (nSPS) is 19.9. The molecule has 0 bridgehead atoms. The van der Waals surface area contributed by atoms with Crippen molar-refractivity contribution in [2.24, 2.45) is 0 Å². The van der Waals surface area contributed by atoms with Crippen LogP contribution in [-0.4, -0.2) is 30.7 Å². The third kappa shape index (κ3) is 4.86. The summed E-state index contributed by atoms with van der Waals surface area (Å²) in [7, 11) is 0. The Morgan fingerprint density at radius 3 is 2.00 bits per heavy atom. The van der Waals surface area contributed by atoms with Crippen LogP contribution in [-0.2, 0) is 0 Å². The molecule has 0 atom stereocenters. The van der Waals surface area contributed by atoms with E-state index in [1.807, 2.05) is 0 Å². The standard InChI is InChI=1S/C15H32N/c1-3-5-6-7-8-10-13-16(4-2)14-11-9-12-15-16/h3-15H2,1-2H3/q+1. The summed E-state index contributed by atoms with van der Waals surface area (Å²) < 4.78 is 1.44. The molecule has 0 spiro atoms. The van der Waals surface area contributed by atoms with E-state index in [2.05, 4.69) is 13.8 Å². The van der Waals surface area contributed by atoms with Gasteiger partial charge in [-0.2, -0.15) is 0 Å². The Bertz CT molecular complexity index is 159. The van der Waals surface area contributed by atoms with E-state index in [-0.39, 0.29) is 0 Å². The number of quaternary nitrogens is 1. The Labute approximate surface area is 103 Å². The lowest BCUT2D eigenvalue weighted by atomic mass is 10.1. The van der Waals surface area contributed by atoms with Crippen LogP contribution in [0.15, 0.2) is 0 Å². The fraction of sp³-hybridized carbons (Fsp3) is 1.00. The number of hydrogen-bond acceptors (Lipinski definition) is 0. The lowest BCUT2D eigenvalue weighted by Gasteiger charge is -2.41. The van der Waals surface area contributed by atoms with Gasteiger partial charge >= 0.3 is 0 Å². The molecule has 1 heterocycles. The van der Waals surface area contributed by atoms with Crippen LogP contribution in [0.5, 0.6) is 0 Å². The van der Waals surface area contributed by atoms with Gasteiger partial charge in [-0.25, -0.2) is 0 Å². The molecule has 0 aromatic carbocycles. The maximum atomic E-state index is 2.39. The first-order valence-corrected chi connectivity index (χ1v) is 7.68. The first-order chi connectivity index (χ1) is 7.83. The highest BCUT2D eigenvalue weighted by Gasteiger charge is 2.26. The van der Waals surface area contributed by atoms with Crippen molar-refractivity contribution in [1.82, 2.24) is 0 Å². The molecule has 1 saturated heterocycles. The number of unbranched alkanes of at least 4 members (excludes halogenated alkanes) is 5. The molecule has 0 aromatic heterocycles. The van der Waals surface area contributed by atoms with Crippen molar-refractivity contribution in [2.75, 3.05) is 26.2 Å². The zero-order chi connectivity index (χ0) is 11.7. The van der Waals surface area contributed by atoms with Crippen LogP contribution in [0.25, 0.3) is 0 Å². The maximum absolute atomic E-state index is 2.39. The molecule has 1 nitrogen and oxygen atoms in total. The van der Waals surface area contributed by atoms with Crippen LogP contribution in [0.4, 0.5) is 0 Å². The summed E-state index contributed by atoms with van der Waals surface area (Å²) in [6.45, 7) is 10.4. The van der Waals surface area contributed by atoms with Crippen LogP contribution < -0.4 is 0 Å². The number of piperidine rings is 1. The summed E-state index contributed by atoms with van der Waals surface area (Å²) in [6.07, 6.45) is 13.1. The second kappa shape index (κ2) is 8.11. The smallest absolute Gasteiger partial charge is 0.0786 e. The molecule has 0 aliphatic carbocycles. The summed E-state index contributed by atoms with van der Waals surface area (Å²) in [5, 5.41) is 0. The Kier molecular flexibility index (Phi) is 7.11. The third-order valence-electron chi connectivity index (χ3n) is 4.42. The van der Waals surface area contributed by atoms with Crippen LogP contribution in [0.2, 0.25) is 0 Å². The molecule has 0 N–H and O–H groups in total. The molecule has 1 heteroatoms. The largest absolute Gasteiger partial charge is 0.324 e. The molecule has 1 rings (SSSR count). The highest BCUT2D eigenvalue weighted by molar-refractivity contribution is 4.54. The van der Waals surface area contributed by atoms with Crippen LogP contribution in [0, 0.1) is 0 Å². The molecular formula is C15H32N+. The van der Waals surface area contributed by atoms with Gasteiger partial charge in [0.1, 0.15) is 0 Å². The van der Waals surface area contributed by atoms with Gasteiger partial charge in [0.2, 0.25) is 0 Å². The Morgan fingerprint density at radius 2 is 1.38 bits per heavy atom. The second-order valence-electron chi connectivity index (χ2n) is 5.66. The van der Waals surface area contributed by atoms with Crippen molar-refractivity contribution >= 4 is 0 Å². The first kappa shape index (κ1) is 14.0. The van der Waals surface area contributed by atoms with Gasteiger partial charge in [-0.1, -0.05) is 32.6 Å². The van der Waals surface area contributed by atoms with E-state index < -0.39 is 0 Å². The summed E-state index contributed by atoms with van der Waals surface area (Å²) in [5.41, 5.74) is 0. The summed E-state index contributed by atoms with van der Waals surface area (Å²) in [6, 6.07) is 0. The average molecular weight is 226 g/mol. The van der Waals surface area contributed by atoms with E-state index in [4.69, 9.17) is 0 Å². The lowest BCUT2D eigenvalue weighted by Crippen LogP contribution is -2.51. The van der Waals surface area contributed by atoms with Crippen molar-refractivity contribution in [3.05, 3.63) is 0 Å². The van der Waals surface area contributed by atoms with Crippen LogP contribution >= 0.6 is 0 Å². The van der Waals surface area contributed by atoms with Gasteiger partial charge in [0.15, 0.2) is 0 Å². The predicted molar refractivity (Wildman–Crippen MR) is 72.6 cm³/mol.